The van der Waals surface area contributed by atoms with Gasteiger partial charge in [0.25, 0.3) is 0 Å². The zero-order valence-electron chi connectivity index (χ0n) is 15.2. The van der Waals surface area contributed by atoms with Gasteiger partial charge in [-0.05, 0) is 55.5 Å². The summed E-state index contributed by atoms with van der Waals surface area (Å²) in [6.07, 6.45) is -2.31. The molecule has 5 nitrogen and oxygen atoms in total. The number of aromatic nitrogens is 3. The standard InChI is InChI=1S/C19H19F3N4OS/c1-12-9-16(27-24-12)18-17(23-25-28-18)14-3-2-8-26(11-14)10-13-4-6-15(7-5-13)19(20,21)22/h4-7,9,14H,2-3,8,10-11H2,1H3. The summed E-state index contributed by atoms with van der Waals surface area (Å²) in [5.74, 6) is 0.893. The topological polar surface area (TPSA) is 55.1 Å². The van der Waals surface area contributed by atoms with E-state index in [0.29, 0.717) is 12.3 Å². The van der Waals surface area contributed by atoms with E-state index < -0.39 is 11.7 Å². The van der Waals surface area contributed by atoms with Crippen molar-refractivity contribution in [2.75, 3.05) is 13.1 Å². The summed E-state index contributed by atoms with van der Waals surface area (Å²) in [5, 5.41) is 8.27. The minimum Gasteiger partial charge on any atom is -0.355 e. The van der Waals surface area contributed by atoms with Gasteiger partial charge in [0.15, 0.2) is 5.76 Å². The molecule has 1 fully saturated rings. The largest absolute Gasteiger partial charge is 0.416 e. The predicted molar refractivity (Wildman–Crippen MR) is 98.8 cm³/mol. The highest BCUT2D eigenvalue weighted by Crippen LogP contribution is 2.36. The van der Waals surface area contributed by atoms with Crippen molar-refractivity contribution in [3.63, 3.8) is 0 Å². The van der Waals surface area contributed by atoms with Crippen LogP contribution in [0.1, 0.15) is 41.3 Å². The Morgan fingerprint density at radius 3 is 2.71 bits per heavy atom. The van der Waals surface area contributed by atoms with E-state index in [0.717, 1.165) is 59.9 Å². The Hall–Kier alpha value is -2.26. The predicted octanol–water partition coefficient (Wildman–Crippen LogP) is 4.90. The molecule has 3 aromatic rings. The molecule has 3 heterocycles. The van der Waals surface area contributed by atoms with E-state index in [2.05, 4.69) is 19.6 Å². The molecule has 0 spiro atoms. The van der Waals surface area contributed by atoms with Crippen molar-refractivity contribution >= 4 is 11.5 Å². The number of hydrogen-bond donors (Lipinski definition) is 0. The van der Waals surface area contributed by atoms with Gasteiger partial charge in [0.2, 0.25) is 0 Å². The van der Waals surface area contributed by atoms with Crippen LogP contribution in [-0.2, 0) is 12.7 Å². The quantitative estimate of drug-likeness (QED) is 0.615. The number of likely N-dealkylation sites (tertiary alicyclic amines) is 1. The Labute approximate surface area is 164 Å². The van der Waals surface area contributed by atoms with E-state index in [1.807, 2.05) is 13.0 Å². The van der Waals surface area contributed by atoms with Crippen molar-refractivity contribution in [3.8, 4) is 10.6 Å². The summed E-state index contributed by atoms with van der Waals surface area (Å²) in [5.41, 5.74) is 1.98. The fourth-order valence-electron chi connectivity index (χ4n) is 3.59. The van der Waals surface area contributed by atoms with Crippen LogP contribution in [0.5, 0.6) is 0 Å². The molecule has 9 heteroatoms. The molecular formula is C19H19F3N4OS. The SMILES string of the molecule is Cc1cc(-c2snnc2C2CCCN(Cc3ccc(C(F)(F)F)cc3)C2)on1. The lowest BCUT2D eigenvalue weighted by atomic mass is 9.93. The molecule has 1 aliphatic heterocycles. The number of rotatable bonds is 4. The zero-order valence-corrected chi connectivity index (χ0v) is 16.1. The lowest BCUT2D eigenvalue weighted by molar-refractivity contribution is -0.137. The molecule has 0 saturated carbocycles. The molecule has 0 bridgehead atoms. The molecule has 4 rings (SSSR count). The Kier molecular flexibility index (Phi) is 5.20. The summed E-state index contributed by atoms with van der Waals surface area (Å²) in [7, 11) is 0. The molecule has 0 aliphatic carbocycles. The van der Waals surface area contributed by atoms with Gasteiger partial charge in [-0.1, -0.05) is 21.8 Å². The van der Waals surface area contributed by atoms with Gasteiger partial charge in [0.05, 0.1) is 17.0 Å². The third-order valence-corrected chi connectivity index (χ3v) is 5.70. The maximum absolute atomic E-state index is 12.7. The first-order valence-electron chi connectivity index (χ1n) is 9.04. The fraction of sp³-hybridized carbons (Fsp3) is 0.421. The summed E-state index contributed by atoms with van der Waals surface area (Å²) < 4.78 is 47.7. The summed E-state index contributed by atoms with van der Waals surface area (Å²) in [4.78, 5) is 3.16. The molecule has 0 N–H and O–H groups in total. The number of hydrogen-bond acceptors (Lipinski definition) is 6. The second kappa shape index (κ2) is 7.63. The third kappa shape index (κ3) is 4.10. The van der Waals surface area contributed by atoms with E-state index in [9.17, 15) is 13.2 Å². The van der Waals surface area contributed by atoms with Gasteiger partial charge in [-0.2, -0.15) is 13.2 Å². The molecule has 0 amide bonds. The number of piperidine rings is 1. The normalized spacial score (nSPS) is 18.5. The van der Waals surface area contributed by atoms with E-state index in [-0.39, 0.29) is 5.92 Å². The molecule has 1 atom stereocenters. The average Bonchev–Trinajstić information content (AvgIpc) is 3.30. The highest BCUT2D eigenvalue weighted by molar-refractivity contribution is 7.09. The van der Waals surface area contributed by atoms with Gasteiger partial charge in [0, 0.05) is 25.1 Å². The van der Waals surface area contributed by atoms with Gasteiger partial charge >= 0.3 is 6.18 Å². The van der Waals surface area contributed by atoms with Crippen molar-refractivity contribution in [2.24, 2.45) is 0 Å². The van der Waals surface area contributed by atoms with Crippen molar-refractivity contribution in [1.82, 2.24) is 19.6 Å². The highest BCUT2D eigenvalue weighted by atomic mass is 32.1. The molecule has 0 radical (unpaired) electrons. The van der Waals surface area contributed by atoms with Crippen LogP contribution in [0.3, 0.4) is 0 Å². The fourth-order valence-corrected chi connectivity index (χ4v) is 4.28. The van der Waals surface area contributed by atoms with E-state index in [4.69, 9.17) is 4.52 Å². The molecule has 1 aliphatic rings. The Morgan fingerprint density at radius 1 is 1.25 bits per heavy atom. The summed E-state index contributed by atoms with van der Waals surface area (Å²) in [6, 6.07) is 7.28. The van der Waals surface area contributed by atoms with Crippen LogP contribution in [0.15, 0.2) is 34.9 Å². The van der Waals surface area contributed by atoms with E-state index >= 15 is 0 Å². The molecule has 148 valence electrons. The van der Waals surface area contributed by atoms with E-state index in [1.165, 1.54) is 11.5 Å². The first-order valence-corrected chi connectivity index (χ1v) is 9.82. The lowest BCUT2D eigenvalue weighted by Gasteiger charge is -2.32. The van der Waals surface area contributed by atoms with Gasteiger partial charge in [-0.25, -0.2) is 0 Å². The van der Waals surface area contributed by atoms with E-state index in [1.54, 1.807) is 12.1 Å². The third-order valence-electron chi connectivity index (χ3n) is 4.94. The van der Waals surface area contributed by atoms with Gasteiger partial charge in [-0.3, -0.25) is 4.90 Å². The smallest absolute Gasteiger partial charge is 0.355 e. The molecule has 1 unspecified atom stereocenters. The van der Waals surface area contributed by atoms with Crippen molar-refractivity contribution in [1.29, 1.82) is 0 Å². The molecular weight excluding hydrogens is 389 g/mol. The number of nitrogens with zero attached hydrogens (tertiary/aromatic N) is 4. The average molecular weight is 408 g/mol. The van der Waals surface area contributed by atoms with Crippen LogP contribution in [0.25, 0.3) is 10.6 Å². The Bertz CT molecular complexity index is 935. The summed E-state index contributed by atoms with van der Waals surface area (Å²) >= 11 is 1.30. The number of benzene rings is 1. The van der Waals surface area contributed by atoms with Crippen LogP contribution < -0.4 is 0 Å². The van der Waals surface area contributed by atoms with Crippen molar-refractivity contribution < 1.29 is 17.7 Å². The maximum Gasteiger partial charge on any atom is 0.416 e. The summed E-state index contributed by atoms with van der Waals surface area (Å²) in [6.45, 7) is 4.18. The van der Waals surface area contributed by atoms with Crippen LogP contribution in [-0.4, -0.2) is 32.7 Å². The molecule has 1 aromatic carbocycles. The second-order valence-corrected chi connectivity index (χ2v) is 7.84. The molecule has 28 heavy (non-hydrogen) atoms. The van der Waals surface area contributed by atoms with Crippen LogP contribution in [0.4, 0.5) is 13.2 Å². The first kappa shape index (κ1) is 19.1. The number of alkyl halides is 3. The second-order valence-electron chi connectivity index (χ2n) is 7.09. The van der Waals surface area contributed by atoms with Crippen LogP contribution in [0.2, 0.25) is 0 Å². The minimum absolute atomic E-state index is 0.211. The molecule has 2 aromatic heterocycles. The van der Waals surface area contributed by atoms with Gasteiger partial charge in [-0.15, -0.1) is 5.10 Å². The monoisotopic (exact) mass is 408 g/mol. The van der Waals surface area contributed by atoms with Crippen molar-refractivity contribution in [3.05, 3.63) is 52.8 Å². The maximum atomic E-state index is 12.7. The number of aryl methyl sites for hydroxylation is 1. The highest BCUT2D eigenvalue weighted by Gasteiger charge is 2.30. The Balaban J connectivity index is 1.46. The lowest BCUT2D eigenvalue weighted by Crippen LogP contribution is -2.34. The van der Waals surface area contributed by atoms with Crippen molar-refractivity contribution in [2.45, 2.75) is 38.4 Å². The van der Waals surface area contributed by atoms with Gasteiger partial charge in [0.1, 0.15) is 4.88 Å². The number of halogens is 3. The van der Waals surface area contributed by atoms with Crippen LogP contribution in [0, 0.1) is 6.92 Å². The van der Waals surface area contributed by atoms with Crippen LogP contribution >= 0.6 is 11.5 Å². The zero-order chi connectivity index (χ0) is 19.7. The minimum atomic E-state index is -4.30. The van der Waals surface area contributed by atoms with Gasteiger partial charge < -0.3 is 4.52 Å². The molecule has 1 saturated heterocycles. The Morgan fingerprint density at radius 2 is 2.04 bits per heavy atom. The first-order chi connectivity index (χ1) is 13.4.